The van der Waals surface area contributed by atoms with Crippen molar-refractivity contribution in [3.8, 4) is 16.9 Å². The minimum atomic E-state index is -0.384. The third kappa shape index (κ3) is 4.96. The third-order valence-corrected chi connectivity index (χ3v) is 6.41. The topological polar surface area (TPSA) is 97.2 Å². The van der Waals surface area contributed by atoms with E-state index in [0.29, 0.717) is 16.2 Å². The van der Waals surface area contributed by atoms with Gasteiger partial charge in [0.1, 0.15) is 5.69 Å². The fourth-order valence-electron chi connectivity index (χ4n) is 3.74. The fourth-order valence-corrected chi connectivity index (χ4v) is 4.61. The van der Waals surface area contributed by atoms with Gasteiger partial charge in [0.25, 0.3) is 17.1 Å². The number of carbonyl (C=O) groups is 3. The summed E-state index contributed by atoms with van der Waals surface area (Å²) in [6.45, 7) is 0.177. The SMILES string of the molecule is O=C(NCCN1C(=O)S/C(=C/c2cccnc2)C1=O)c1cn(-c2ccccc2)nc1-c1ccccc1. The maximum absolute atomic E-state index is 13.1. The van der Waals surface area contributed by atoms with E-state index in [1.54, 1.807) is 41.5 Å². The molecule has 4 aromatic rings. The van der Waals surface area contributed by atoms with E-state index in [9.17, 15) is 14.4 Å². The standard InChI is InChI=1S/C27H21N5O3S/c33-25(29-14-15-31-26(34)23(36-27(31)35)16-19-8-7-13-28-17-19)22-18-32(21-11-5-2-6-12-21)30-24(22)20-9-3-1-4-10-20/h1-13,16-18H,14-15H2,(H,29,33)/b23-16+. The van der Waals surface area contributed by atoms with Crippen LogP contribution in [-0.4, -0.2) is 49.8 Å². The van der Waals surface area contributed by atoms with Crippen LogP contribution in [0.2, 0.25) is 0 Å². The van der Waals surface area contributed by atoms with Gasteiger partial charge in [-0.05, 0) is 41.6 Å². The zero-order valence-electron chi connectivity index (χ0n) is 19.1. The van der Waals surface area contributed by atoms with Gasteiger partial charge in [0.15, 0.2) is 0 Å². The Labute approximate surface area is 211 Å². The number of nitrogens with zero attached hydrogens (tertiary/aromatic N) is 4. The van der Waals surface area contributed by atoms with Crippen LogP contribution in [-0.2, 0) is 4.79 Å². The second kappa shape index (κ2) is 10.4. The first-order valence-electron chi connectivity index (χ1n) is 11.2. The highest BCUT2D eigenvalue weighted by molar-refractivity contribution is 8.18. The van der Waals surface area contributed by atoms with Gasteiger partial charge in [-0.2, -0.15) is 5.10 Å². The van der Waals surface area contributed by atoms with E-state index in [1.807, 2.05) is 60.7 Å². The summed E-state index contributed by atoms with van der Waals surface area (Å²) >= 11 is 0.877. The summed E-state index contributed by atoms with van der Waals surface area (Å²) in [5, 5.41) is 7.11. The Balaban J connectivity index is 1.30. The van der Waals surface area contributed by atoms with Gasteiger partial charge >= 0.3 is 0 Å². The van der Waals surface area contributed by atoms with Crippen molar-refractivity contribution < 1.29 is 14.4 Å². The normalized spacial score (nSPS) is 14.4. The summed E-state index contributed by atoms with van der Waals surface area (Å²) in [6.07, 6.45) is 6.58. The van der Waals surface area contributed by atoms with Crippen molar-refractivity contribution in [1.29, 1.82) is 0 Å². The predicted molar refractivity (Wildman–Crippen MR) is 138 cm³/mol. The van der Waals surface area contributed by atoms with E-state index in [1.165, 1.54) is 0 Å². The molecule has 0 unspecified atom stereocenters. The van der Waals surface area contributed by atoms with Crippen LogP contribution in [0.5, 0.6) is 0 Å². The summed E-state index contributed by atoms with van der Waals surface area (Å²) in [5.74, 6) is -0.723. The van der Waals surface area contributed by atoms with E-state index in [-0.39, 0.29) is 30.1 Å². The molecule has 2 aromatic heterocycles. The number of imide groups is 1. The largest absolute Gasteiger partial charge is 0.350 e. The van der Waals surface area contributed by atoms with E-state index < -0.39 is 0 Å². The number of carbonyl (C=O) groups excluding carboxylic acids is 3. The van der Waals surface area contributed by atoms with E-state index in [4.69, 9.17) is 0 Å². The number of pyridine rings is 1. The molecule has 1 N–H and O–H groups in total. The molecule has 2 aromatic carbocycles. The highest BCUT2D eigenvalue weighted by Gasteiger charge is 2.34. The number of nitrogens with one attached hydrogen (secondary N) is 1. The molecule has 8 nitrogen and oxygen atoms in total. The fraction of sp³-hybridized carbons (Fsp3) is 0.0741. The van der Waals surface area contributed by atoms with Crippen LogP contribution in [0, 0.1) is 0 Å². The number of para-hydroxylation sites is 1. The number of amides is 3. The Morgan fingerprint density at radius 3 is 2.44 bits per heavy atom. The van der Waals surface area contributed by atoms with Gasteiger partial charge in [-0.3, -0.25) is 24.3 Å². The van der Waals surface area contributed by atoms with Gasteiger partial charge in [-0.25, -0.2) is 4.68 Å². The molecule has 1 saturated heterocycles. The number of hydrogen-bond acceptors (Lipinski definition) is 6. The lowest BCUT2D eigenvalue weighted by atomic mass is 10.1. The minimum absolute atomic E-state index is 0.0638. The molecule has 5 rings (SSSR count). The molecule has 0 radical (unpaired) electrons. The molecular formula is C27H21N5O3S. The van der Waals surface area contributed by atoms with Gasteiger partial charge < -0.3 is 5.32 Å². The van der Waals surface area contributed by atoms with Crippen LogP contribution < -0.4 is 5.32 Å². The summed E-state index contributed by atoms with van der Waals surface area (Å²) in [5.41, 5.74) is 3.31. The van der Waals surface area contributed by atoms with Crippen LogP contribution in [0.4, 0.5) is 4.79 Å². The molecule has 1 aliphatic heterocycles. The van der Waals surface area contributed by atoms with Crippen molar-refractivity contribution in [1.82, 2.24) is 25.0 Å². The smallest absolute Gasteiger partial charge is 0.293 e. The highest BCUT2D eigenvalue weighted by Crippen LogP contribution is 2.31. The summed E-state index contributed by atoms with van der Waals surface area (Å²) in [7, 11) is 0. The summed E-state index contributed by atoms with van der Waals surface area (Å²) in [4.78, 5) is 43.8. The molecule has 9 heteroatoms. The average Bonchev–Trinajstić information content (AvgIpc) is 3.48. The number of hydrogen-bond donors (Lipinski definition) is 1. The summed E-state index contributed by atoms with van der Waals surface area (Å²) in [6, 6.07) is 22.5. The van der Waals surface area contributed by atoms with Crippen molar-refractivity contribution in [2.75, 3.05) is 13.1 Å². The molecule has 0 saturated carbocycles. The predicted octanol–water partition coefficient (Wildman–Crippen LogP) is 4.40. The van der Waals surface area contributed by atoms with E-state index in [0.717, 1.165) is 33.5 Å². The Bertz CT molecular complexity index is 1440. The van der Waals surface area contributed by atoms with Crippen LogP contribution >= 0.6 is 11.8 Å². The highest BCUT2D eigenvalue weighted by atomic mass is 32.2. The first-order chi connectivity index (χ1) is 17.6. The molecule has 0 spiro atoms. The number of thioether (sulfide) groups is 1. The van der Waals surface area contributed by atoms with Crippen LogP contribution in [0.15, 0.2) is 96.3 Å². The molecule has 1 aliphatic rings. The number of rotatable bonds is 7. The molecule has 178 valence electrons. The third-order valence-electron chi connectivity index (χ3n) is 5.50. The second-order valence-corrected chi connectivity index (χ2v) is 8.91. The second-order valence-electron chi connectivity index (χ2n) is 7.91. The molecular weight excluding hydrogens is 474 g/mol. The minimum Gasteiger partial charge on any atom is -0.350 e. The van der Waals surface area contributed by atoms with Crippen molar-refractivity contribution in [3.63, 3.8) is 0 Å². The zero-order valence-corrected chi connectivity index (χ0v) is 19.9. The summed E-state index contributed by atoms with van der Waals surface area (Å²) < 4.78 is 1.66. The van der Waals surface area contributed by atoms with Crippen molar-refractivity contribution in [2.24, 2.45) is 0 Å². The van der Waals surface area contributed by atoms with Gasteiger partial charge in [-0.1, -0.05) is 54.6 Å². The Hall–Kier alpha value is -4.50. The molecule has 3 heterocycles. The van der Waals surface area contributed by atoms with E-state index in [2.05, 4.69) is 15.4 Å². The monoisotopic (exact) mass is 495 g/mol. The molecule has 3 amide bonds. The lowest BCUT2D eigenvalue weighted by molar-refractivity contribution is -0.122. The Morgan fingerprint density at radius 1 is 0.972 bits per heavy atom. The van der Waals surface area contributed by atoms with Crippen LogP contribution in [0.1, 0.15) is 15.9 Å². The quantitative estimate of drug-likeness (QED) is 0.382. The molecule has 0 atom stereocenters. The maximum atomic E-state index is 13.1. The van der Waals surface area contributed by atoms with E-state index >= 15 is 0 Å². The Morgan fingerprint density at radius 2 is 1.72 bits per heavy atom. The van der Waals surface area contributed by atoms with Crippen LogP contribution in [0.25, 0.3) is 23.0 Å². The first kappa shape index (κ1) is 23.3. The van der Waals surface area contributed by atoms with Crippen molar-refractivity contribution in [2.45, 2.75) is 0 Å². The maximum Gasteiger partial charge on any atom is 0.293 e. The molecule has 1 fully saturated rings. The lowest BCUT2D eigenvalue weighted by Crippen LogP contribution is -2.37. The molecule has 0 bridgehead atoms. The lowest BCUT2D eigenvalue weighted by Gasteiger charge is -2.13. The van der Waals surface area contributed by atoms with Crippen molar-refractivity contribution in [3.05, 3.63) is 107 Å². The Kier molecular flexibility index (Phi) is 6.72. The van der Waals surface area contributed by atoms with Gasteiger partial charge in [0, 0.05) is 37.2 Å². The number of benzene rings is 2. The van der Waals surface area contributed by atoms with Crippen molar-refractivity contribution >= 4 is 34.9 Å². The van der Waals surface area contributed by atoms with Gasteiger partial charge in [0.2, 0.25) is 0 Å². The average molecular weight is 496 g/mol. The van der Waals surface area contributed by atoms with Gasteiger partial charge in [-0.15, -0.1) is 0 Å². The first-order valence-corrected chi connectivity index (χ1v) is 12.1. The molecule has 36 heavy (non-hydrogen) atoms. The van der Waals surface area contributed by atoms with Crippen LogP contribution in [0.3, 0.4) is 0 Å². The zero-order chi connectivity index (χ0) is 24.9. The number of aromatic nitrogens is 3. The molecule has 0 aliphatic carbocycles. The van der Waals surface area contributed by atoms with Gasteiger partial charge in [0.05, 0.1) is 16.2 Å².